The Labute approximate surface area is 128 Å². The van der Waals surface area contributed by atoms with Crippen molar-refractivity contribution in [3.8, 4) is 0 Å². The number of hydrogen-bond acceptors (Lipinski definition) is 4. The molecule has 1 aliphatic heterocycles. The molecule has 2 aliphatic rings. The summed E-state index contributed by atoms with van der Waals surface area (Å²) in [5, 5.41) is 0. The van der Waals surface area contributed by atoms with Crippen LogP contribution in [-0.2, 0) is 9.13 Å². The summed E-state index contributed by atoms with van der Waals surface area (Å²) < 4.78 is 23.3. The maximum Gasteiger partial charge on any atom is 0.354 e. The third-order valence-corrected chi connectivity index (χ3v) is 8.95. The van der Waals surface area contributed by atoms with Crippen molar-refractivity contribution in [2.24, 2.45) is 5.92 Å². The van der Waals surface area contributed by atoms with Gasteiger partial charge in [0.1, 0.15) is 0 Å². The molecule has 2 fully saturated rings. The van der Waals surface area contributed by atoms with E-state index >= 15 is 0 Å². The second-order valence-corrected chi connectivity index (χ2v) is 10.7. The lowest BCUT2D eigenvalue weighted by molar-refractivity contribution is 0.123. The fourth-order valence-corrected chi connectivity index (χ4v) is 7.56. The first kappa shape index (κ1) is 18.0. The SMILES string of the molecule is O=P(O)(O)C(N1CCSCC1C1CCCCC1)P(=O)(O)O. The molecular weight excluding hydrogens is 336 g/mol. The van der Waals surface area contributed by atoms with Gasteiger partial charge in [0, 0.05) is 24.1 Å². The summed E-state index contributed by atoms with van der Waals surface area (Å²) >= 11 is 1.69. The van der Waals surface area contributed by atoms with Crippen LogP contribution in [0.4, 0.5) is 0 Å². The molecule has 0 aromatic rings. The van der Waals surface area contributed by atoms with Gasteiger partial charge in [0.15, 0.2) is 0 Å². The molecule has 0 bridgehead atoms. The first-order valence-corrected chi connectivity index (χ1v) is 11.7. The molecule has 1 aliphatic carbocycles. The zero-order valence-electron chi connectivity index (χ0n) is 11.7. The van der Waals surface area contributed by atoms with Gasteiger partial charge < -0.3 is 19.6 Å². The molecule has 124 valence electrons. The highest BCUT2D eigenvalue weighted by Gasteiger charge is 2.51. The first-order valence-electron chi connectivity index (χ1n) is 7.15. The van der Waals surface area contributed by atoms with E-state index in [9.17, 15) is 28.7 Å². The van der Waals surface area contributed by atoms with Crippen molar-refractivity contribution in [1.29, 1.82) is 0 Å². The lowest BCUT2D eigenvalue weighted by atomic mass is 9.84. The van der Waals surface area contributed by atoms with Crippen LogP contribution in [0.2, 0.25) is 0 Å². The van der Waals surface area contributed by atoms with Gasteiger partial charge in [0.2, 0.25) is 5.52 Å². The molecule has 2 rings (SSSR count). The summed E-state index contributed by atoms with van der Waals surface area (Å²) in [4.78, 5) is 39.2. The largest absolute Gasteiger partial charge is 0.354 e. The van der Waals surface area contributed by atoms with Crippen LogP contribution in [0.5, 0.6) is 0 Å². The van der Waals surface area contributed by atoms with Crippen molar-refractivity contribution >= 4 is 27.0 Å². The number of thioether (sulfide) groups is 1. The van der Waals surface area contributed by atoms with Crippen molar-refractivity contribution in [2.45, 2.75) is 43.7 Å². The highest BCUT2D eigenvalue weighted by Crippen LogP contribution is 2.62. The monoisotopic (exact) mass is 359 g/mol. The van der Waals surface area contributed by atoms with Crippen LogP contribution in [-0.4, -0.2) is 54.1 Å². The lowest BCUT2D eigenvalue weighted by Gasteiger charge is -2.45. The normalized spacial score (nSPS) is 27.2. The zero-order chi connectivity index (χ0) is 15.7. The van der Waals surface area contributed by atoms with E-state index in [1.807, 2.05) is 0 Å². The van der Waals surface area contributed by atoms with Crippen LogP contribution in [0.1, 0.15) is 32.1 Å². The number of nitrogens with zero attached hydrogens (tertiary/aromatic N) is 1. The van der Waals surface area contributed by atoms with Crippen LogP contribution < -0.4 is 0 Å². The summed E-state index contributed by atoms with van der Waals surface area (Å²) in [7, 11) is -9.80. The van der Waals surface area contributed by atoms with E-state index in [1.54, 1.807) is 11.8 Å². The standard InChI is InChI=1S/C11H23NO6P2S/c13-19(14,15)11(20(16,17)18)12-6-7-21-8-10(12)9-4-2-1-3-5-9/h9-11H,1-8H2,(H2,13,14,15)(H2,16,17,18). The van der Waals surface area contributed by atoms with E-state index < -0.39 is 20.7 Å². The van der Waals surface area contributed by atoms with Gasteiger partial charge in [-0.1, -0.05) is 19.3 Å². The average Bonchev–Trinajstić information content (AvgIpc) is 2.37. The molecule has 0 spiro atoms. The molecule has 0 radical (unpaired) electrons. The Hall–Kier alpha value is 0.610. The molecule has 1 saturated carbocycles. The highest BCUT2D eigenvalue weighted by atomic mass is 32.2. The Bertz CT molecular complexity index is 424. The van der Waals surface area contributed by atoms with Crippen molar-refractivity contribution in [3.05, 3.63) is 0 Å². The minimum absolute atomic E-state index is 0.158. The van der Waals surface area contributed by atoms with E-state index in [4.69, 9.17) is 0 Å². The third-order valence-electron chi connectivity index (χ3n) is 4.30. The van der Waals surface area contributed by atoms with Gasteiger partial charge in [-0.2, -0.15) is 11.8 Å². The second-order valence-electron chi connectivity index (χ2n) is 5.80. The zero-order valence-corrected chi connectivity index (χ0v) is 14.3. The maximum atomic E-state index is 11.7. The molecule has 1 heterocycles. The van der Waals surface area contributed by atoms with E-state index in [1.165, 1.54) is 4.90 Å². The Balaban J connectivity index is 2.27. The van der Waals surface area contributed by atoms with E-state index in [0.29, 0.717) is 18.1 Å². The average molecular weight is 359 g/mol. The minimum atomic E-state index is -4.90. The Morgan fingerprint density at radius 2 is 1.57 bits per heavy atom. The van der Waals surface area contributed by atoms with Gasteiger partial charge in [0.25, 0.3) is 0 Å². The third kappa shape index (κ3) is 4.55. The number of hydrogen-bond donors (Lipinski definition) is 4. The molecule has 21 heavy (non-hydrogen) atoms. The summed E-state index contributed by atoms with van der Waals surface area (Å²) in [6.07, 6.45) is 5.26. The lowest BCUT2D eigenvalue weighted by Crippen LogP contribution is -2.51. The molecule has 10 heteroatoms. The molecule has 4 N–H and O–H groups in total. The summed E-state index contributed by atoms with van der Waals surface area (Å²) in [6, 6.07) is -0.158. The van der Waals surface area contributed by atoms with Gasteiger partial charge in [-0.25, -0.2) is 0 Å². The summed E-state index contributed by atoms with van der Waals surface area (Å²) in [5.74, 6) is 1.59. The minimum Gasteiger partial charge on any atom is -0.323 e. The second kappa shape index (κ2) is 7.02. The van der Waals surface area contributed by atoms with E-state index in [2.05, 4.69) is 0 Å². The summed E-state index contributed by atoms with van der Waals surface area (Å²) in [5.41, 5.74) is -1.99. The fraction of sp³-hybridized carbons (Fsp3) is 1.00. The Kier molecular flexibility index (Phi) is 6.00. The van der Waals surface area contributed by atoms with Crippen LogP contribution in [0, 0.1) is 5.92 Å². The number of rotatable bonds is 4. The van der Waals surface area contributed by atoms with Crippen molar-refractivity contribution < 1.29 is 28.7 Å². The molecule has 7 nitrogen and oxygen atoms in total. The van der Waals surface area contributed by atoms with Gasteiger partial charge in [-0.15, -0.1) is 0 Å². The van der Waals surface area contributed by atoms with Crippen molar-refractivity contribution in [2.75, 3.05) is 18.1 Å². The molecule has 0 aromatic heterocycles. The van der Waals surface area contributed by atoms with E-state index in [0.717, 1.165) is 32.1 Å². The van der Waals surface area contributed by atoms with Gasteiger partial charge in [-0.05, 0) is 18.8 Å². The fourth-order valence-electron chi connectivity index (χ4n) is 3.43. The summed E-state index contributed by atoms with van der Waals surface area (Å²) in [6.45, 7) is 0.312. The van der Waals surface area contributed by atoms with Gasteiger partial charge in [-0.3, -0.25) is 14.0 Å². The van der Waals surface area contributed by atoms with Crippen LogP contribution in [0.25, 0.3) is 0 Å². The predicted octanol–water partition coefficient (Wildman–Crippen LogP) is 1.62. The molecule has 0 aromatic carbocycles. The maximum absolute atomic E-state index is 11.7. The topological polar surface area (TPSA) is 118 Å². The van der Waals surface area contributed by atoms with Gasteiger partial charge >= 0.3 is 15.2 Å². The Morgan fingerprint density at radius 1 is 1.00 bits per heavy atom. The molecule has 1 atom stereocenters. The van der Waals surface area contributed by atoms with Crippen molar-refractivity contribution in [1.82, 2.24) is 4.90 Å². The first-order chi connectivity index (χ1) is 9.71. The van der Waals surface area contributed by atoms with Crippen molar-refractivity contribution in [3.63, 3.8) is 0 Å². The smallest absolute Gasteiger partial charge is 0.323 e. The Morgan fingerprint density at radius 3 is 2.10 bits per heavy atom. The molecule has 1 unspecified atom stereocenters. The highest BCUT2D eigenvalue weighted by molar-refractivity contribution is 7.99. The molecule has 0 amide bonds. The predicted molar refractivity (Wildman–Crippen MR) is 82.3 cm³/mol. The quantitative estimate of drug-likeness (QED) is 0.559. The van der Waals surface area contributed by atoms with Crippen LogP contribution in [0.15, 0.2) is 0 Å². The van der Waals surface area contributed by atoms with Gasteiger partial charge in [0.05, 0.1) is 0 Å². The van der Waals surface area contributed by atoms with E-state index in [-0.39, 0.29) is 12.0 Å². The van der Waals surface area contributed by atoms with Crippen LogP contribution >= 0.6 is 27.0 Å². The van der Waals surface area contributed by atoms with Crippen LogP contribution in [0.3, 0.4) is 0 Å². The molecule has 1 saturated heterocycles. The molecular formula is C11H23NO6P2S.